The number of primary amides is 1. The highest BCUT2D eigenvalue weighted by atomic mass is 16.2. The first-order valence-corrected chi connectivity index (χ1v) is 3.76. The van der Waals surface area contributed by atoms with Gasteiger partial charge in [-0.2, -0.15) is 0 Å². The van der Waals surface area contributed by atoms with E-state index in [0.717, 1.165) is 19.4 Å². The number of carbonyl (C=O) groups excluding carboxylic acids is 2. The topological polar surface area (TPSA) is 72.2 Å². The molecule has 1 atom stereocenters. The third-order valence-corrected chi connectivity index (χ3v) is 1.91. The van der Waals surface area contributed by atoms with Crippen LogP contribution in [0.15, 0.2) is 0 Å². The Labute approximate surface area is 65.1 Å². The number of carbonyl (C=O) groups is 2. The largest absolute Gasteiger partial charge is 0.363 e. The summed E-state index contributed by atoms with van der Waals surface area (Å²) in [7, 11) is 0. The van der Waals surface area contributed by atoms with Crippen LogP contribution in [0.4, 0.5) is 0 Å². The van der Waals surface area contributed by atoms with Gasteiger partial charge in [-0.3, -0.25) is 9.59 Å². The van der Waals surface area contributed by atoms with E-state index in [1.807, 2.05) is 0 Å². The van der Waals surface area contributed by atoms with Crippen molar-refractivity contribution in [2.75, 3.05) is 13.1 Å². The minimum absolute atomic E-state index is 0.179. The SMILES string of the molecule is NC(=O)C(=O)C1CCCNC1. The van der Waals surface area contributed by atoms with Crippen molar-refractivity contribution in [1.82, 2.24) is 5.32 Å². The van der Waals surface area contributed by atoms with Crippen LogP contribution >= 0.6 is 0 Å². The van der Waals surface area contributed by atoms with Crippen molar-refractivity contribution < 1.29 is 9.59 Å². The molecule has 1 aliphatic heterocycles. The molecule has 1 fully saturated rings. The van der Waals surface area contributed by atoms with Gasteiger partial charge >= 0.3 is 0 Å². The van der Waals surface area contributed by atoms with E-state index in [4.69, 9.17) is 5.73 Å². The Morgan fingerprint density at radius 3 is 2.64 bits per heavy atom. The van der Waals surface area contributed by atoms with Crippen LogP contribution in [0, 0.1) is 5.92 Å². The van der Waals surface area contributed by atoms with Gasteiger partial charge in [-0.15, -0.1) is 0 Å². The molecule has 1 aliphatic rings. The second-order valence-electron chi connectivity index (χ2n) is 2.77. The Hall–Kier alpha value is -0.900. The summed E-state index contributed by atoms with van der Waals surface area (Å²) < 4.78 is 0. The number of amides is 1. The number of nitrogens with one attached hydrogen (secondary N) is 1. The molecule has 0 aliphatic carbocycles. The van der Waals surface area contributed by atoms with Gasteiger partial charge in [0.2, 0.25) is 5.78 Å². The van der Waals surface area contributed by atoms with E-state index in [-0.39, 0.29) is 5.92 Å². The zero-order valence-corrected chi connectivity index (χ0v) is 6.30. The van der Waals surface area contributed by atoms with Crippen LogP contribution in [0.3, 0.4) is 0 Å². The lowest BCUT2D eigenvalue weighted by atomic mass is 9.95. The Kier molecular flexibility index (Phi) is 2.59. The third kappa shape index (κ3) is 2.01. The maximum absolute atomic E-state index is 11.0. The molecule has 4 nitrogen and oxygen atoms in total. The lowest BCUT2D eigenvalue weighted by molar-refractivity contribution is -0.138. The highest BCUT2D eigenvalue weighted by Gasteiger charge is 2.24. The predicted molar refractivity (Wildman–Crippen MR) is 39.8 cm³/mol. The maximum atomic E-state index is 11.0. The molecule has 0 aromatic carbocycles. The van der Waals surface area contributed by atoms with E-state index in [2.05, 4.69) is 5.32 Å². The van der Waals surface area contributed by atoms with Gasteiger partial charge in [-0.05, 0) is 19.4 Å². The van der Waals surface area contributed by atoms with Crippen molar-refractivity contribution in [3.8, 4) is 0 Å². The number of rotatable bonds is 2. The molecule has 0 radical (unpaired) electrons. The number of ketones is 1. The first kappa shape index (κ1) is 8.20. The summed E-state index contributed by atoms with van der Waals surface area (Å²) in [4.78, 5) is 21.4. The number of nitrogens with two attached hydrogens (primary N) is 1. The van der Waals surface area contributed by atoms with Crippen LogP contribution in [0.2, 0.25) is 0 Å². The predicted octanol–water partition coefficient (Wildman–Crippen LogP) is -0.960. The normalized spacial score (nSPS) is 24.5. The average Bonchev–Trinajstić information content (AvgIpc) is 2.05. The van der Waals surface area contributed by atoms with Crippen LogP contribution in [0.5, 0.6) is 0 Å². The van der Waals surface area contributed by atoms with Crippen molar-refractivity contribution in [1.29, 1.82) is 0 Å². The molecule has 1 amide bonds. The molecule has 3 N–H and O–H groups in total. The molecular weight excluding hydrogens is 144 g/mol. The summed E-state index contributed by atoms with van der Waals surface area (Å²) in [5.74, 6) is -1.42. The molecule has 0 spiro atoms. The molecule has 1 heterocycles. The molecule has 1 unspecified atom stereocenters. The second kappa shape index (κ2) is 3.48. The molecule has 62 valence electrons. The summed E-state index contributed by atoms with van der Waals surface area (Å²) in [5, 5.41) is 3.04. The Morgan fingerprint density at radius 1 is 1.45 bits per heavy atom. The fourth-order valence-electron chi connectivity index (χ4n) is 1.28. The number of piperidine rings is 1. The van der Waals surface area contributed by atoms with Crippen LogP contribution < -0.4 is 11.1 Å². The number of Topliss-reactive ketones (excluding diaryl/α,β-unsaturated/α-hetero) is 1. The van der Waals surface area contributed by atoms with E-state index in [0.29, 0.717) is 6.54 Å². The molecule has 0 saturated carbocycles. The van der Waals surface area contributed by atoms with Gasteiger partial charge < -0.3 is 11.1 Å². The standard InChI is InChI=1S/C7H12N2O2/c8-7(11)6(10)5-2-1-3-9-4-5/h5,9H,1-4H2,(H2,8,11). The smallest absolute Gasteiger partial charge is 0.285 e. The van der Waals surface area contributed by atoms with Gasteiger partial charge in [0.15, 0.2) is 0 Å². The van der Waals surface area contributed by atoms with Crippen LogP contribution in [0.25, 0.3) is 0 Å². The van der Waals surface area contributed by atoms with E-state index in [9.17, 15) is 9.59 Å². The van der Waals surface area contributed by atoms with Crippen LogP contribution in [-0.4, -0.2) is 24.8 Å². The number of hydrogen-bond acceptors (Lipinski definition) is 3. The highest BCUT2D eigenvalue weighted by Crippen LogP contribution is 2.10. The van der Waals surface area contributed by atoms with Crippen molar-refractivity contribution >= 4 is 11.7 Å². The van der Waals surface area contributed by atoms with Gasteiger partial charge in [0.25, 0.3) is 5.91 Å². The zero-order chi connectivity index (χ0) is 8.27. The molecule has 11 heavy (non-hydrogen) atoms. The molecule has 1 saturated heterocycles. The highest BCUT2D eigenvalue weighted by molar-refractivity contribution is 6.36. The third-order valence-electron chi connectivity index (χ3n) is 1.91. The molecular formula is C7H12N2O2. The summed E-state index contributed by atoms with van der Waals surface area (Å²) in [6, 6.07) is 0. The summed E-state index contributed by atoms with van der Waals surface area (Å²) in [6.07, 6.45) is 1.73. The average molecular weight is 156 g/mol. The Morgan fingerprint density at radius 2 is 2.18 bits per heavy atom. The van der Waals surface area contributed by atoms with E-state index in [1.54, 1.807) is 0 Å². The van der Waals surface area contributed by atoms with Crippen LogP contribution in [-0.2, 0) is 9.59 Å². The zero-order valence-electron chi connectivity index (χ0n) is 6.30. The summed E-state index contributed by atoms with van der Waals surface area (Å²) in [5.41, 5.74) is 4.85. The fraction of sp³-hybridized carbons (Fsp3) is 0.714. The molecule has 4 heteroatoms. The first-order chi connectivity index (χ1) is 5.22. The Bertz CT molecular complexity index is 173. The first-order valence-electron chi connectivity index (χ1n) is 3.76. The van der Waals surface area contributed by atoms with Gasteiger partial charge in [0, 0.05) is 12.5 Å². The molecule has 0 bridgehead atoms. The van der Waals surface area contributed by atoms with E-state index in [1.165, 1.54) is 0 Å². The van der Waals surface area contributed by atoms with Crippen molar-refractivity contribution in [2.45, 2.75) is 12.8 Å². The quantitative estimate of drug-likeness (QED) is 0.506. The fourth-order valence-corrected chi connectivity index (χ4v) is 1.28. The minimum Gasteiger partial charge on any atom is -0.363 e. The van der Waals surface area contributed by atoms with Crippen molar-refractivity contribution in [3.63, 3.8) is 0 Å². The monoisotopic (exact) mass is 156 g/mol. The summed E-state index contributed by atoms with van der Waals surface area (Å²) >= 11 is 0. The molecule has 1 rings (SSSR count). The van der Waals surface area contributed by atoms with E-state index >= 15 is 0 Å². The van der Waals surface area contributed by atoms with Crippen molar-refractivity contribution in [2.24, 2.45) is 11.7 Å². The lowest BCUT2D eigenvalue weighted by Crippen LogP contribution is -2.39. The van der Waals surface area contributed by atoms with Gasteiger partial charge in [0.1, 0.15) is 0 Å². The lowest BCUT2D eigenvalue weighted by Gasteiger charge is -2.19. The Balaban J connectivity index is 2.45. The van der Waals surface area contributed by atoms with Gasteiger partial charge in [-0.1, -0.05) is 0 Å². The van der Waals surface area contributed by atoms with Gasteiger partial charge in [-0.25, -0.2) is 0 Å². The van der Waals surface area contributed by atoms with Crippen molar-refractivity contribution in [3.05, 3.63) is 0 Å². The second-order valence-corrected chi connectivity index (χ2v) is 2.77. The number of hydrogen-bond donors (Lipinski definition) is 2. The van der Waals surface area contributed by atoms with Crippen LogP contribution in [0.1, 0.15) is 12.8 Å². The summed E-state index contributed by atoms with van der Waals surface area (Å²) in [6.45, 7) is 1.53. The molecule has 0 aromatic rings. The molecule has 0 aromatic heterocycles. The maximum Gasteiger partial charge on any atom is 0.285 e. The van der Waals surface area contributed by atoms with E-state index < -0.39 is 11.7 Å². The van der Waals surface area contributed by atoms with Gasteiger partial charge in [0.05, 0.1) is 0 Å². The minimum atomic E-state index is -0.807.